The van der Waals surface area contributed by atoms with Crippen molar-refractivity contribution in [2.45, 2.75) is 18.9 Å². The zero-order valence-electron chi connectivity index (χ0n) is 10.9. The van der Waals surface area contributed by atoms with E-state index in [9.17, 15) is 5.11 Å². The number of benzene rings is 2. The van der Waals surface area contributed by atoms with Crippen LogP contribution in [0.25, 0.3) is 0 Å². The Balaban J connectivity index is 2.19. The Hall–Kier alpha value is -1.16. The first-order valence-corrected chi connectivity index (χ1v) is 7.14. The fourth-order valence-corrected chi connectivity index (χ4v) is 2.24. The van der Waals surface area contributed by atoms with E-state index in [4.69, 9.17) is 5.73 Å². The average Bonchev–Trinajstić information content (AvgIpc) is 2.46. The van der Waals surface area contributed by atoms with Crippen LogP contribution < -0.4 is 5.73 Å². The third-order valence-corrected chi connectivity index (χ3v) is 3.89. The summed E-state index contributed by atoms with van der Waals surface area (Å²) in [6.07, 6.45) is -0.588. The van der Waals surface area contributed by atoms with Crippen molar-refractivity contribution >= 4 is 15.9 Å². The van der Waals surface area contributed by atoms with E-state index in [1.165, 1.54) is 5.56 Å². The van der Waals surface area contributed by atoms with Crippen LogP contribution in [-0.4, -0.2) is 11.7 Å². The highest BCUT2D eigenvalue weighted by Gasteiger charge is 2.11. The van der Waals surface area contributed by atoms with Crippen molar-refractivity contribution in [3.8, 4) is 0 Å². The summed E-state index contributed by atoms with van der Waals surface area (Å²) < 4.78 is 1.01. The molecule has 0 radical (unpaired) electrons. The van der Waals surface area contributed by atoms with E-state index in [2.05, 4.69) is 22.9 Å². The fourth-order valence-electron chi connectivity index (χ4n) is 1.98. The number of hydrogen-bond acceptors (Lipinski definition) is 2. The normalized spacial score (nSPS) is 14.1. The summed E-state index contributed by atoms with van der Waals surface area (Å²) >= 11 is 3.39. The molecular weight excluding hydrogens is 302 g/mol. The maximum absolute atomic E-state index is 10.3. The Kier molecular flexibility index (Phi) is 4.75. The molecule has 0 amide bonds. The maximum Gasteiger partial charge on any atom is 0.104 e. The van der Waals surface area contributed by atoms with E-state index in [0.29, 0.717) is 12.5 Å². The van der Waals surface area contributed by atoms with Gasteiger partial charge in [0.15, 0.2) is 0 Å². The topological polar surface area (TPSA) is 46.2 Å². The molecule has 2 unspecified atom stereocenters. The van der Waals surface area contributed by atoms with E-state index in [1.807, 2.05) is 48.5 Å². The summed E-state index contributed by atoms with van der Waals surface area (Å²) in [6, 6.07) is 15.7. The zero-order valence-corrected chi connectivity index (χ0v) is 12.5. The van der Waals surface area contributed by atoms with Crippen molar-refractivity contribution in [2.24, 2.45) is 5.73 Å². The van der Waals surface area contributed by atoms with Gasteiger partial charge in [-0.2, -0.15) is 0 Å². The monoisotopic (exact) mass is 319 g/mol. The molecule has 2 aromatic rings. The molecule has 100 valence electrons. The first-order valence-electron chi connectivity index (χ1n) is 6.35. The highest BCUT2D eigenvalue weighted by molar-refractivity contribution is 9.10. The molecule has 0 aliphatic heterocycles. The Morgan fingerprint density at radius 3 is 1.84 bits per heavy atom. The minimum absolute atomic E-state index is 0.346. The molecule has 0 aromatic heterocycles. The predicted molar refractivity (Wildman–Crippen MR) is 82.1 cm³/mol. The zero-order chi connectivity index (χ0) is 13.8. The van der Waals surface area contributed by atoms with Crippen LogP contribution in [0.15, 0.2) is 53.0 Å². The fraction of sp³-hybridized carbons (Fsp3) is 0.250. The number of nitrogens with two attached hydrogens (primary N) is 1. The van der Waals surface area contributed by atoms with Gasteiger partial charge in [0.2, 0.25) is 0 Å². The lowest BCUT2D eigenvalue weighted by molar-refractivity contribution is 0.220. The quantitative estimate of drug-likeness (QED) is 0.904. The minimum atomic E-state index is -0.588. The van der Waals surface area contributed by atoms with Crippen LogP contribution >= 0.6 is 15.9 Å². The summed E-state index contributed by atoms with van der Waals surface area (Å²) in [5, 5.41) is 10.3. The molecule has 0 saturated carbocycles. The third kappa shape index (κ3) is 3.44. The lowest BCUT2D eigenvalue weighted by Crippen LogP contribution is -2.09. The number of halogens is 1. The molecule has 3 heteroatoms. The van der Waals surface area contributed by atoms with Crippen molar-refractivity contribution in [2.75, 3.05) is 6.54 Å². The van der Waals surface area contributed by atoms with Crippen LogP contribution in [0.4, 0.5) is 0 Å². The van der Waals surface area contributed by atoms with E-state index < -0.39 is 6.10 Å². The molecule has 0 aliphatic carbocycles. The predicted octanol–water partition coefficient (Wildman–Crippen LogP) is 3.59. The van der Waals surface area contributed by atoms with Crippen LogP contribution in [-0.2, 0) is 0 Å². The first-order chi connectivity index (χ1) is 9.11. The maximum atomic E-state index is 10.3. The van der Waals surface area contributed by atoms with Gasteiger partial charge in [0.1, 0.15) is 6.10 Å². The van der Waals surface area contributed by atoms with Crippen molar-refractivity contribution in [3.05, 3.63) is 69.7 Å². The highest BCUT2D eigenvalue weighted by atomic mass is 79.9. The Morgan fingerprint density at radius 1 is 0.947 bits per heavy atom. The van der Waals surface area contributed by atoms with E-state index >= 15 is 0 Å². The van der Waals surface area contributed by atoms with Crippen LogP contribution in [0.1, 0.15) is 35.6 Å². The van der Waals surface area contributed by atoms with E-state index in [-0.39, 0.29) is 0 Å². The molecular formula is C16H18BrNO. The Morgan fingerprint density at radius 2 is 1.37 bits per heavy atom. The number of hydrogen-bond donors (Lipinski definition) is 2. The summed E-state index contributed by atoms with van der Waals surface area (Å²) in [6.45, 7) is 2.73. The third-order valence-electron chi connectivity index (χ3n) is 3.36. The molecule has 19 heavy (non-hydrogen) atoms. The van der Waals surface area contributed by atoms with Gasteiger partial charge in [-0.05, 0) is 41.3 Å². The summed E-state index contributed by atoms with van der Waals surface area (Å²) in [5.74, 6) is 0.346. The lowest BCUT2D eigenvalue weighted by Gasteiger charge is -2.14. The van der Waals surface area contributed by atoms with Crippen LogP contribution in [0, 0.1) is 0 Å². The second kappa shape index (κ2) is 6.33. The Labute approximate surface area is 122 Å². The van der Waals surface area contributed by atoms with Crippen molar-refractivity contribution < 1.29 is 5.11 Å². The minimum Gasteiger partial charge on any atom is -0.384 e. The number of aliphatic hydroxyl groups excluding tert-OH is 1. The molecule has 0 heterocycles. The Bertz CT molecular complexity index is 521. The summed E-state index contributed by atoms with van der Waals surface area (Å²) in [4.78, 5) is 0. The molecule has 0 spiro atoms. The first kappa shape index (κ1) is 14.3. The standard InChI is InChI=1S/C16H18BrNO/c1-11(10-18)12-2-4-13(5-3-12)16(19)14-6-8-15(17)9-7-14/h2-9,11,16,19H,10,18H2,1H3. The molecule has 3 N–H and O–H groups in total. The second-order valence-corrected chi connectivity index (χ2v) is 5.67. The van der Waals surface area contributed by atoms with Crippen molar-refractivity contribution in [1.82, 2.24) is 0 Å². The number of aliphatic hydroxyl groups is 1. The molecule has 0 fully saturated rings. The van der Waals surface area contributed by atoms with E-state index in [1.54, 1.807) is 0 Å². The van der Waals surface area contributed by atoms with Crippen molar-refractivity contribution in [1.29, 1.82) is 0 Å². The van der Waals surface area contributed by atoms with Gasteiger partial charge in [-0.3, -0.25) is 0 Å². The van der Waals surface area contributed by atoms with Gasteiger partial charge in [-0.25, -0.2) is 0 Å². The molecule has 0 bridgehead atoms. The molecule has 2 rings (SSSR count). The van der Waals surface area contributed by atoms with Crippen LogP contribution in [0.3, 0.4) is 0 Å². The molecule has 2 atom stereocenters. The van der Waals surface area contributed by atoms with E-state index in [0.717, 1.165) is 15.6 Å². The van der Waals surface area contributed by atoms with Gasteiger partial charge in [0, 0.05) is 4.47 Å². The van der Waals surface area contributed by atoms with Gasteiger partial charge < -0.3 is 10.8 Å². The summed E-state index contributed by atoms with van der Waals surface area (Å²) in [7, 11) is 0. The molecule has 2 nitrogen and oxygen atoms in total. The molecule has 0 saturated heterocycles. The SMILES string of the molecule is CC(CN)c1ccc(C(O)c2ccc(Br)cc2)cc1. The molecule has 0 aliphatic rings. The largest absolute Gasteiger partial charge is 0.384 e. The second-order valence-electron chi connectivity index (χ2n) is 4.76. The van der Waals surface area contributed by atoms with Gasteiger partial charge in [0.25, 0.3) is 0 Å². The van der Waals surface area contributed by atoms with Crippen molar-refractivity contribution in [3.63, 3.8) is 0 Å². The lowest BCUT2D eigenvalue weighted by atomic mass is 9.96. The molecule has 2 aromatic carbocycles. The highest BCUT2D eigenvalue weighted by Crippen LogP contribution is 2.25. The van der Waals surface area contributed by atoms with Crippen LogP contribution in [0.5, 0.6) is 0 Å². The summed E-state index contributed by atoms with van der Waals surface area (Å²) in [5.41, 5.74) is 8.65. The van der Waals surface area contributed by atoms with Gasteiger partial charge in [-0.1, -0.05) is 59.3 Å². The van der Waals surface area contributed by atoms with Gasteiger partial charge in [-0.15, -0.1) is 0 Å². The average molecular weight is 320 g/mol. The van der Waals surface area contributed by atoms with Gasteiger partial charge in [0.05, 0.1) is 0 Å². The van der Waals surface area contributed by atoms with Crippen LogP contribution in [0.2, 0.25) is 0 Å². The smallest absolute Gasteiger partial charge is 0.104 e. The van der Waals surface area contributed by atoms with Gasteiger partial charge >= 0.3 is 0 Å². The number of rotatable bonds is 4.